The van der Waals surface area contributed by atoms with Gasteiger partial charge in [0.15, 0.2) is 11.5 Å². The number of ether oxygens (including phenoxy) is 4. The van der Waals surface area contributed by atoms with E-state index < -0.39 is 17.7 Å². The van der Waals surface area contributed by atoms with Crippen LogP contribution in [0.25, 0.3) is 5.76 Å². The van der Waals surface area contributed by atoms with Crippen LogP contribution in [0, 0.1) is 6.92 Å². The number of aliphatic hydroxyl groups is 1. The number of nitrogens with zero attached hydrogens (tertiary/aromatic N) is 2. The number of aryl methyl sites for hydroxylation is 1. The number of ketones is 1. The number of morpholine rings is 1. The molecule has 0 aliphatic carbocycles. The first-order chi connectivity index (χ1) is 20.9. The number of likely N-dealkylation sites (tertiary alicyclic amines) is 1. The van der Waals surface area contributed by atoms with Crippen molar-refractivity contribution in [1.29, 1.82) is 0 Å². The summed E-state index contributed by atoms with van der Waals surface area (Å²) in [5.74, 6) is 0.0579. The van der Waals surface area contributed by atoms with Crippen molar-refractivity contribution in [3.05, 3.63) is 94.6 Å². The largest absolute Gasteiger partial charge is 0.507 e. The Kier molecular flexibility index (Phi) is 9.64. The number of amides is 1. The summed E-state index contributed by atoms with van der Waals surface area (Å²) in [7, 11) is 3.08. The Morgan fingerprint density at radius 2 is 1.67 bits per heavy atom. The molecule has 0 spiro atoms. The average molecular weight is 587 g/mol. The lowest BCUT2D eigenvalue weighted by Gasteiger charge is -2.29. The lowest BCUT2D eigenvalue weighted by Crippen LogP contribution is -2.39. The van der Waals surface area contributed by atoms with Crippen molar-refractivity contribution >= 4 is 17.4 Å². The van der Waals surface area contributed by atoms with Gasteiger partial charge in [0.1, 0.15) is 18.1 Å². The van der Waals surface area contributed by atoms with Crippen LogP contribution in [0.2, 0.25) is 0 Å². The molecule has 1 N–H and O–H groups in total. The minimum atomic E-state index is -0.794. The molecule has 1 atom stereocenters. The third-order valence-electron chi connectivity index (χ3n) is 7.94. The molecule has 0 saturated carbocycles. The maximum Gasteiger partial charge on any atom is 0.295 e. The fraction of sp³-hybridized carbons (Fsp3) is 0.353. The second kappa shape index (κ2) is 13.8. The Morgan fingerprint density at radius 1 is 0.930 bits per heavy atom. The van der Waals surface area contributed by atoms with Gasteiger partial charge in [-0.1, -0.05) is 36.4 Å². The highest BCUT2D eigenvalue weighted by Gasteiger charge is 2.46. The number of aliphatic hydroxyl groups excluding tert-OH is 1. The molecule has 0 bridgehead atoms. The highest BCUT2D eigenvalue weighted by Crippen LogP contribution is 2.42. The van der Waals surface area contributed by atoms with E-state index in [2.05, 4.69) is 4.90 Å². The van der Waals surface area contributed by atoms with Gasteiger partial charge in [-0.05, 0) is 60.4 Å². The van der Waals surface area contributed by atoms with Gasteiger partial charge in [-0.25, -0.2) is 0 Å². The summed E-state index contributed by atoms with van der Waals surface area (Å²) in [6.07, 6.45) is 0.670. The number of Topliss-reactive ketones (excluding diaryl/α,β-unsaturated/α-hetero) is 1. The van der Waals surface area contributed by atoms with Crippen molar-refractivity contribution in [2.24, 2.45) is 0 Å². The predicted molar refractivity (Wildman–Crippen MR) is 162 cm³/mol. The van der Waals surface area contributed by atoms with E-state index in [1.54, 1.807) is 42.3 Å². The zero-order valence-electron chi connectivity index (χ0n) is 24.9. The SMILES string of the molecule is COc1ccc([C@H]2/C(=C(\O)c3ccc(OCc4ccccc4)cc3C)C(=O)C(=O)N2CCCN2CCOCC2)cc1OC. The molecular formula is C34H38N2O7. The number of methoxy groups -OCH3 is 2. The molecule has 0 aromatic heterocycles. The van der Waals surface area contributed by atoms with Gasteiger partial charge in [0, 0.05) is 31.7 Å². The van der Waals surface area contributed by atoms with Crippen LogP contribution in [-0.4, -0.2) is 80.2 Å². The maximum atomic E-state index is 13.6. The molecule has 2 heterocycles. The summed E-state index contributed by atoms with van der Waals surface area (Å²) in [5, 5.41) is 11.7. The lowest BCUT2D eigenvalue weighted by atomic mass is 9.93. The van der Waals surface area contributed by atoms with Gasteiger partial charge in [0.05, 0.1) is 39.0 Å². The van der Waals surface area contributed by atoms with Gasteiger partial charge in [0.2, 0.25) is 0 Å². The number of benzene rings is 3. The van der Waals surface area contributed by atoms with Gasteiger partial charge in [0.25, 0.3) is 11.7 Å². The summed E-state index contributed by atoms with van der Waals surface area (Å²) >= 11 is 0. The van der Waals surface area contributed by atoms with Gasteiger partial charge in [-0.3, -0.25) is 14.5 Å². The lowest BCUT2D eigenvalue weighted by molar-refractivity contribution is -0.140. The third kappa shape index (κ3) is 6.68. The van der Waals surface area contributed by atoms with E-state index in [0.717, 1.165) is 25.2 Å². The summed E-state index contributed by atoms with van der Waals surface area (Å²) in [5.41, 5.74) is 2.90. The summed E-state index contributed by atoms with van der Waals surface area (Å²) in [6.45, 7) is 6.41. The molecule has 226 valence electrons. The molecule has 2 saturated heterocycles. The van der Waals surface area contributed by atoms with Crippen LogP contribution in [0.5, 0.6) is 17.2 Å². The van der Waals surface area contributed by atoms with E-state index >= 15 is 0 Å². The first-order valence-electron chi connectivity index (χ1n) is 14.5. The number of carbonyl (C=O) groups is 2. The van der Waals surface area contributed by atoms with Crippen molar-refractivity contribution in [3.8, 4) is 17.2 Å². The van der Waals surface area contributed by atoms with Crippen LogP contribution < -0.4 is 14.2 Å². The second-order valence-electron chi connectivity index (χ2n) is 10.7. The molecule has 3 aromatic carbocycles. The standard InChI is InChI=1S/C34H38N2O7/c1-23-20-26(43-22-24-8-5-4-6-9-24)11-12-27(23)32(37)30-31(25-10-13-28(40-2)29(21-25)41-3)36(34(39)33(30)38)15-7-14-35-16-18-42-19-17-35/h4-6,8-13,20-21,31,37H,7,14-19,22H2,1-3H3/b32-30+/t31-/m0/s1. The molecule has 9 nitrogen and oxygen atoms in total. The predicted octanol–water partition coefficient (Wildman–Crippen LogP) is 4.74. The average Bonchev–Trinajstić information content (AvgIpc) is 3.29. The van der Waals surface area contributed by atoms with E-state index in [0.29, 0.717) is 66.7 Å². The minimum Gasteiger partial charge on any atom is -0.507 e. The Bertz CT molecular complexity index is 1480. The highest BCUT2D eigenvalue weighted by atomic mass is 16.5. The van der Waals surface area contributed by atoms with Crippen LogP contribution in [0.15, 0.2) is 72.3 Å². The van der Waals surface area contributed by atoms with Crippen molar-refractivity contribution in [3.63, 3.8) is 0 Å². The van der Waals surface area contributed by atoms with Crippen LogP contribution in [0.3, 0.4) is 0 Å². The minimum absolute atomic E-state index is 0.0460. The zero-order chi connectivity index (χ0) is 30.3. The van der Waals surface area contributed by atoms with Crippen LogP contribution >= 0.6 is 0 Å². The maximum absolute atomic E-state index is 13.6. The second-order valence-corrected chi connectivity index (χ2v) is 10.7. The molecule has 0 radical (unpaired) electrons. The number of hydrogen-bond donors (Lipinski definition) is 1. The molecule has 43 heavy (non-hydrogen) atoms. The van der Waals surface area contributed by atoms with Crippen LogP contribution in [0.4, 0.5) is 0 Å². The summed E-state index contributed by atoms with van der Waals surface area (Å²) in [4.78, 5) is 30.9. The smallest absolute Gasteiger partial charge is 0.295 e. The Balaban J connectivity index is 1.47. The molecule has 2 aliphatic rings. The molecule has 3 aromatic rings. The molecule has 2 fully saturated rings. The van der Waals surface area contributed by atoms with Gasteiger partial charge < -0.3 is 29.0 Å². The number of carbonyl (C=O) groups excluding carboxylic acids is 2. The topological polar surface area (TPSA) is 97.8 Å². The van der Waals surface area contributed by atoms with E-state index in [1.807, 2.05) is 43.3 Å². The summed E-state index contributed by atoms with van der Waals surface area (Å²) in [6, 6.07) is 19.6. The van der Waals surface area contributed by atoms with Crippen molar-refractivity contribution in [1.82, 2.24) is 9.80 Å². The molecule has 9 heteroatoms. The molecule has 0 unspecified atom stereocenters. The third-order valence-corrected chi connectivity index (χ3v) is 7.94. The number of rotatable bonds is 11. The van der Waals surface area contributed by atoms with E-state index in [9.17, 15) is 14.7 Å². The van der Waals surface area contributed by atoms with Crippen LogP contribution in [-0.2, 0) is 20.9 Å². The fourth-order valence-corrected chi connectivity index (χ4v) is 5.65. The quantitative estimate of drug-likeness (QED) is 0.196. The monoisotopic (exact) mass is 586 g/mol. The van der Waals surface area contributed by atoms with Crippen LogP contribution in [0.1, 0.15) is 34.7 Å². The number of hydrogen-bond acceptors (Lipinski definition) is 8. The van der Waals surface area contributed by atoms with Gasteiger partial charge in [-0.2, -0.15) is 0 Å². The first kappa shape index (κ1) is 30.1. The molecule has 5 rings (SSSR count). The van der Waals surface area contributed by atoms with E-state index in [4.69, 9.17) is 18.9 Å². The highest BCUT2D eigenvalue weighted by molar-refractivity contribution is 6.46. The van der Waals surface area contributed by atoms with Crippen molar-refractivity contribution < 1.29 is 33.6 Å². The normalized spacial score (nSPS) is 18.6. The van der Waals surface area contributed by atoms with E-state index in [1.165, 1.54) is 7.11 Å². The molecule has 1 amide bonds. The fourth-order valence-electron chi connectivity index (χ4n) is 5.65. The molecular weight excluding hydrogens is 548 g/mol. The van der Waals surface area contributed by atoms with Gasteiger partial charge in [-0.15, -0.1) is 0 Å². The van der Waals surface area contributed by atoms with E-state index in [-0.39, 0.29) is 11.3 Å². The zero-order valence-corrected chi connectivity index (χ0v) is 24.9. The van der Waals surface area contributed by atoms with Gasteiger partial charge >= 0.3 is 0 Å². The van der Waals surface area contributed by atoms with Crippen molar-refractivity contribution in [2.75, 3.05) is 53.6 Å². The first-order valence-corrected chi connectivity index (χ1v) is 14.5. The Morgan fingerprint density at radius 3 is 2.37 bits per heavy atom. The Labute approximate surface area is 252 Å². The Hall–Kier alpha value is -4.34. The molecule has 2 aliphatic heterocycles. The van der Waals surface area contributed by atoms with Crippen molar-refractivity contribution in [2.45, 2.75) is 26.0 Å². The summed E-state index contributed by atoms with van der Waals surface area (Å²) < 4.78 is 22.3.